The lowest BCUT2D eigenvalue weighted by Crippen LogP contribution is -1.94. The molecule has 0 aliphatic heterocycles. The third-order valence-electron chi connectivity index (χ3n) is 3.89. The van der Waals surface area contributed by atoms with Crippen LogP contribution in [0.3, 0.4) is 0 Å². The first-order valence-electron chi connectivity index (χ1n) is 8.45. The SMILES string of the molecule is Nc1cccc(Oc2ncncc2-c2ccc(Oc3ccccc3)cc2)c1. The van der Waals surface area contributed by atoms with Crippen molar-refractivity contribution in [2.75, 3.05) is 5.73 Å². The van der Waals surface area contributed by atoms with Crippen molar-refractivity contribution in [2.24, 2.45) is 0 Å². The van der Waals surface area contributed by atoms with Gasteiger partial charge in [-0.3, -0.25) is 0 Å². The van der Waals surface area contributed by atoms with Crippen molar-refractivity contribution in [1.29, 1.82) is 0 Å². The summed E-state index contributed by atoms with van der Waals surface area (Å²) in [5.74, 6) is 2.63. The number of hydrogen-bond acceptors (Lipinski definition) is 5. The minimum atomic E-state index is 0.465. The Morgan fingerprint density at radius 2 is 1.44 bits per heavy atom. The van der Waals surface area contributed by atoms with E-state index >= 15 is 0 Å². The molecule has 0 radical (unpaired) electrons. The van der Waals surface area contributed by atoms with Gasteiger partial charge in [-0.1, -0.05) is 36.4 Å². The smallest absolute Gasteiger partial charge is 0.230 e. The van der Waals surface area contributed by atoms with Gasteiger partial charge in [0.25, 0.3) is 0 Å². The Labute approximate surface area is 157 Å². The second-order valence-electron chi connectivity index (χ2n) is 5.86. The fraction of sp³-hybridized carbons (Fsp3) is 0. The lowest BCUT2D eigenvalue weighted by Gasteiger charge is -2.11. The predicted molar refractivity (Wildman–Crippen MR) is 105 cm³/mol. The average Bonchev–Trinajstić information content (AvgIpc) is 2.70. The highest BCUT2D eigenvalue weighted by Crippen LogP contribution is 2.32. The average molecular weight is 355 g/mol. The lowest BCUT2D eigenvalue weighted by atomic mass is 10.1. The Bertz CT molecular complexity index is 1030. The molecular weight excluding hydrogens is 338 g/mol. The van der Waals surface area contributed by atoms with Gasteiger partial charge in [-0.15, -0.1) is 0 Å². The van der Waals surface area contributed by atoms with E-state index in [9.17, 15) is 0 Å². The van der Waals surface area contributed by atoms with Crippen molar-refractivity contribution in [2.45, 2.75) is 0 Å². The number of nitrogen functional groups attached to an aromatic ring is 1. The maximum absolute atomic E-state index is 5.91. The number of nitrogens with two attached hydrogens (primary N) is 1. The minimum absolute atomic E-state index is 0.465. The van der Waals surface area contributed by atoms with E-state index in [0.29, 0.717) is 17.3 Å². The van der Waals surface area contributed by atoms with Crippen LogP contribution in [0.2, 0.25) is 0 Å². The van der Waals surface area contributed by atoms with Gasteiger partial charge >= 0.3 is 0 Å². The molecule has 0 unspecified atom stereocenters. The van der Waals surface area contributed by atoms with Crippen LogP contribution in [0.4, 0.5) is 5.69 Å². The molecule has 3 aromatic carbocycles. The molecular formula is C22H17N3O2. The largest absolute Gasteiger partial charge is 0.457 e. The van der Waals surface area contributed by atoms with Crippen molar-refractivity contribution in [3.8, 4) is 34.3 Å². The first-order chi connectivity index (χ1) is 13.3. The molecule has 4 aromatic rings. The normalized spacial score (nSPS) is 10.4. The van der Waals surface area contributed by atoms with Crippen molar-refractivity contribution in [3.63, 3.8) is 0 Å². The molecule has 0 aliphatic rings. The molecule has 132 valence electrons. The van der Waals surface area contributed by atoms with Crippen LogP contribution in [0.1, 0.15) is 0 Å². The molecule has 0 saturated carbocycles. The van der Waals surface area contributed by atoms with Gasteiger partial charge in [0.1, 0.15) is 23.6 Å². The molecule has 5 nitrogen and oxygen atoms in total. The number of rotatable bonds is 5. The first-order valence-corrected chi connectivity index (χ1v) is 8.45. The van der Waals surface area contributed by atoms with E-state index in [2.05, 4.69) is 9.97 Å². The molecule has 0 atom stereocenters. The van der Waals surface area contributed by atoms with Gasteiger partial charge in [0.05, 0.1) is 5.56 Å². The van der Waals surface area contributed by atoms with Crippen molar-refractivity contribution < 1.29 is 9.47 Å². The van der Waals surface area contributed by atoms with Gasteiger partial charge in [0.15, 0.2) is 0 Å². The Balaban J connectivity index is 1.58. The van der Waals surface area contributed by atoms with E-state index in [-0.39, 0.29) is 0 Å². The maximum atomic E-state index is 5.91. The molecule has 0 bridgehead atoms. The zero-order valence-electron chi connectivity index (χ0n) is 14.4. The topological polar surface area (TPSA) is 70.3 Å². The van der Waals surface area contributed by atoms with E-state index in [1.807, 2.05) is 66.7 Å². The highest BCUT2D eigenvalue weighted by atomic mass is 16.5. The predicted octanol–water partition coefficient (Wildman–Crippen LogP) is 5.31. The molecule has 0 saturated heterocycles. The quantitative estimate of drug-likeness (QED) is 0.491. The second-order valence-corrected chi connectivity index (χ2v) is 5.86. The number of hydrogen-bond donors (Lipinski definition) is 1. The van der Waals surface area contributed by atoms with Gasteiger partial charge in [-0.25, -0.2) is 9.97 Å². The van der Waals surface area contributed by atoms with Crippen LogP contribution in [-0.2, 0) is 0 Å². The van der Waals surface area contributed by atoms with E-state index in [1.165, 1.54) is 6.33 Å². The van der Waals surface area contributed by atoms with E-state index < -0.39 is 0 Å². The third kappa shape index (κ3) is 4.04. The summed E-state index contributed by atoms with van der Waals surface area (Å²) in [6.45, 7) is 0. The van der Waals surface area contributed by atoms with Crippen LogP contribution in [-0.4, -0.2) is 9.97 Å². The molecule has 2 N–H and O–H groups in total. The Morgan fingerprint density at radius 1 is 0.704 bits per heavy atom. The summed E-state index contributed by atoms with van der Waals surface area (Å²) in [5, 5.41) is 0. The summed E-state index contributed by atoms with van der Waals surface area (Å²) in [4.78, 5) is 8.39. The molecule has 5 heteroatoms. The summed E-state index contributed by atoms with van der Waals surface area (Å²) in [6, 6.07) is 24.6. The molecule has 0 fully saturated rings. The summed E-state index contributed by atoms with van der Waals surface area (Å²) in [5.41, 5.74) is 8.15. The zero-order chi connectivity index (χ0) is 18.5. The first kappa shape index (κ1) is 16.6. The van der Waals surface area contributed by atoms with Gasteiger partial charge in [-0.2, -0.15) is 0 Å². The van der Waals surface area contributed by atoms with E-state index in [4.69, 9.17) is 15.2 Å². The Kier molecular flexibility index (Phi) is 4.66. The van der Waals surface area contributed by atoms with Crippen LogP contribution >= 0.6 is 0 Å². The standard InChI is InChI=1S/C22H17N3O2/c23-17-5-4-8-20(13-17)27-22-21(14-24-15-25-22)16-9-11-19(12-10-16)26-18-6-2-1-3-7-18/h1-15H,23H2. The van der Waals surface area contributed by atoms with Crippen molar-refractivity contribution in [1.82, 2.24) is 9.97 Å². The monoisotopic (exact) mass is 355 g/mol. The van der Waals surface area contributed by atoms with Crippen LogP contribution in [0, 0.1) is 0 Å². The van der Waals surface area contributed by atoms with E-state index in [1.54, 1.807) is 18.3 Å². The number of benzene rings is 3. The lowest BCUT2D eigenvalue weighted by molar-refractivity contribution is 0.463. The van der Waals surface area contributed by atoms with Crippen LogP contribution < -0.4 is 15.2 Å². The van der Waals surface area contributed by atoms with Gasteiger partial charge in [0.2, 0.25) is 5.88 Å². The molecule has 0 spiro atoms. The highest BCUT2D eigenvalue weighted by molar-refractivity contribution is 5.68. The minimum Gasteiger partial charge on any atom is -0.457 e. The summed E-state index contributed by atoms with van der Waals surface area (Å²) in [6.07, 6.45) is 3.18. The number of anilines is 1. The highest BCUT2D eigenvalue weighted by Gasteiger charge is 2.10. The number of nitrogens with zero attached hydrogens (tertiary/aromatic N) is 2. The van der Waals surface area contributed by atoms with Crippen LogP contribution in [0.25, 0.3) is 11.1 Å². The van der Waals surface area contributed by atoms with Crippen LogP contribution in [0.15, 0.2) is 91.4 Å². The van der Waals surface area contributed by atoms with Crippen LogP contribution in [0.5, 0.6) is 23.1 Å². The molecule has 4 rings (SSSR count). The third-order valence-corrected chi connectivity index (χ3v) is 3.89. The second kappa shape index (κ2) is 7.58. The van der Waals surface area contributed by atoms with Crippen molar-refractivity contribution in [3.05, 3.63) is 91.4 Å². The molecule has 27 heavy (non-hydrogen) atoms. The Morgan fingerprint density at radius 3 is 2.22 bits per heavy atom. The van der Waals surface area contributed by atoms with Gasteiger partial charge in [-0.05, 0) is 42.0 Å². The van der Waals surface area contributed by atoms with Crippen molar-refractivity contribution >= 4 is 5.69 Å². The molecule has 0 aliphatic carbocycles. The van der Waals surface area contributed by atoms with Gasteiger partial charge < -0.3 is 15.2 Å². The fourth-order valence-electron chi connectivity index (χ4n) is 2.61. The number of aromatic nitrogens is 2. The van der Waals surface area contributed by atoms with Gasteiger partial charge in [0, 0.05) is 18.0 Å². The number of para-hydroxylation sites is 1. The fourth-order valence-corrected chi connectivity index (χ4v) is 2.61. The molecule has 1 heterocycles. The van der Waals surface area contributed by atoms with E-state index in [0.717, 1.165) is 22.6 Å². The summed E-state index contributed by atoms with van der Waals surface area (Å²) in [7, 11) is 0. The molecule has 1 aromatic heterocycles. The zero-order valence-corrected chi connectivity index (χ0v) is 14.4. The summed E-state index contributed by atoms with van der Waals surface area (Å²) < 4.78 is 11.7. The number of ether oxygens (including phenoxy) is 2. The molecule has 0 amide bonds. The Hall–Kier alpha value is -3.86. The summed E-state index contributed by atoms with van der Waals surface area (Å²) >= 11 is 0. The maximum Gasteiger partial charge on any atom is 0.230 e.